The summed E-state index contributed by atoms with van der Waals surface area (Å²) >= 11 is 0. The first kappa shape index (κ1) is 19.2. The number of carbonyl (C=O) groups is 1. The van der Waals surface area contributed by atoms with E-state index in [0.717, 1.165) is 18.6 Å². The van der Waals surface area contributed by atoms with E-state index in [9.17, 15) is 9.90 Å². The number of hydrogen-bond acceptors (Lipinski definition) is 6. The summed E-state index contributed by atoms with van der Waals surface area (Å²) in [5.41, 5.74) is -0.542. The molecule has 2 aromatic rings. The summed E-state index contributed by atoms with van der Waals surface area (Å²) in [5, 5.41) is 10.2. The highest BCUT2D eigenvalue weighted by Crippen LogP contribution is 2.27. The van der Waals surface area contributed by atoms with E-state index in [0.29, 0.717) is 24.7 Å². The van der Waals surface area contributed by atoms with E-state index in [1.165, 1.54) is 6.26 Å². The number of aromatic nitrogens is 1. The summed E-state index contributed by atoms with van der Waals surface area (Å²) in [6, 6.07) is 7.18. The number of benzene rings is 1. The van der Waals surface area contributed by atoms with Crippen LogP contribution in [0.25, 0.3) is 0 Å². The minimum Gasteiger partial charge on any atom is -0.497 e. The third kappa shape index (κ3) is 4.80. The average Bonchev–Trinajstić information content (AvgIpc) is 3.14. The molecule has 1 aliphatic heterocycles. The van der Waals surface area contributed by atoms with Gasteiger partial charge in [0, 0.05) is 19.0 Å². The molecule has 1 amide bonds. The Balaban J connectivity index is 1.58. The Hall–Kier alpha value is -2.54. The van der Waals surface area contributed by atoms with Gasteiger partial charge in [0.05, 0.1) is 12.7 Å². The van der Waals surface area contributed by atoms with Gasteiger partial charge in [-0.1, -0.05) is 0 Å². The van der Waals surface area contributed by atoms with Gasteiger partial charge in [-0.15, -0.1) is 0 Å². The molecule has 1 aromatic heterocycles. The van der Waals surface area contributed by atoms with Crippen LogP contribution in [-0.2, 0) is 6.61 Å². The van der Waals surface area contributed by atoms with Crippen LogP contribution in [0.2, 0.25) is 0 Å². The molecule has 2 heterocycles. The number of rotatable bonds is 6. The van der Waals surface area contributed by atoms with Crippen LogP contribution >= 0.6 is 0 Å². The fourth-order valence-corrected chi connectivity index (χ4v) is 3.19. The summed E-state index contributed by atoms with van der Waals surface area (Å²) in [5.74, 6) is 1.62. The van der Waals surface area contributed by atoms with Gasteiger partial charge in [0.15, 0.2) is 12.3 Å². The van der Waals surface area contributed by atoms with E-state index in [1.54, 1.807) is 50.1 Å². The van der Waals surface area contributed by atoms with Crippen molar-refractivity contribution in [3.05, 3.63) is 42.1 Å². The van der Waals surface area contributed by atoms with Crippen LogP contribution in [0.5, 0.6) is 11.5 Å². The summed E-state index contributed by atoms with van der Waals surface area (Å²) in [6.45, 7) is 4.89. The molecule has 1 saturated heterocycles. The molecule has 1 unspecified atom stereocenters. The molecule has 1 aliphatic rings. The first-order valence-electron chi connectivity index (χ1n) is 9.09. The predicted octanol–water partition coefficient (Wildman–Crippen LogP) is 2.89. The van der Waals surface area contributed by atoms with Crippen LogP contribution in [0.3, 0.4) is 0 Å². The van der Waals surface area contributed by atoms with Crippen molar-refractivity contribution in [3.8, 4) is 11.5 Å². The van der Waals surface area contributed by atoms with Crippen LogP contribution in [0.4, 0.5) is 0 Å². The second-order valence-electron chi connectivity index (χ2n) is 7.33. The van der Waals surface area contributed by atoms with Gasteiger partial charge in [0.2, 0.25) is 5.89 Å². The number of nitrogens with zero attached hydrogens (tertiary/aromatic N) is 2. The maximum absolute atomic E-state index is 12.7. The van der Waals surface area contributed by atoms with E-state index in [2.05, 4.69) is 4.98 Å². The number of amides is 1. The second kappa shape index (κ2) is 8.00. The zero-order valence-corrected chi connectivity index (χ0v) is 16.0. The zero-order valence-electron chi connectivity index (χ0n) is 16.0. The number of carbonyl (C=O) groups excluding carboxylic acids is 1. The number of piperidine rings is 1. The van der Waals surface area contributed by atoms with Crippen LogP contribution in [-0.4, -0.2) is 46.7 Å². The van der Waals surface area contributed by atoms with Crippen molar-refractivity contribution in [3.63, 3.8) is 0 Å². The van der Waals surface area contributed by atoms with E-state index >= 15 is 0 Å². The highest BCUT2D eigenvalue weighted by molar-refractivity contribution is 5.92. The van der Waals surface area contributed by atoms with Crippen molar-refractivity contribution in [2.75, 3.05) is 20.2 Å². The van der Waals surface area contributed by atoms with Gasteiger partial charge in [0.25, 0.3) is 5.91 Å². The molecule has 1 fully saturated rings. The smallest absolute Gasteiger partial charge is 0.275 e. The van der Waals surface area contributed by atoms with Crippen LogP contribution in [0, 0.1) is 5.92 Å². The molecule has 7 nitrogen and oxygen atoms in total. The van der Waals surface area contributed by atoms with Crippen molar-refractivity contribution >= 4 is 5.91 Å². The van der Waals surface area contributed by atoms with Crippen molar-refractivity contribution in [2.24, 2.45) is 5.92 Å². The third-order valence-corrected chi connectivity index (χ3v) is 4.90. The number of aliphatic hydroxyl groups is 1. The Morgan fingerprint density at radius 1 is 1.33 bits per heavy atom. The molecule has 1 aromatic carbocycles. The summed E-state index contributed by atoms with van der Waals surface area (Å²) in [6.07, 6.45) is 3.14. The fourth-order valence-electron chi connectivity index (χ4n) is 3.19. The lowest BCUT2D eigenvalue weighted by Crippen LogP contribution is -2.47. The Bertz CT molecular complexity index is 763. The van der Waals surface area contributed by atoms with Gasteiger partial charge in [0.1, 0.15) is 17.8 Å². The normalized spacial score (nSPS) is 17.6. The lowest BCUT2D eigenvalue weighted by atomic mass is 9.84. The van der Waals surface area contributed by atoms with Gasteiger partial charge in [-0.25, -0.2) is 4.98 Å². The highest BCUT2D eigenvalue weighted by Gasteiger charge is 2.34. The predicted molar refractivity (Wildman–Crippen MR) is 98.8 cm³/mol. The number of likely N-dealkylation sites (tertiary alicyclic amines) is 1. The molecule has 1 N–H and O–H groups in total. The quantitative estimate of drug-likeness (QED) is 0.837. The van der Waals surface area contributed by atoms with Crippen molar-refractivity contribution in [1.29, 1.82) is 0 Å². The molecule has 0 bridgehead atoms. The number of ether oxygens (including phenoxy) is 2. The first-order chi connectivity index (χ1) is 12.9. The van der Waals surface area contributed by atoms with Crippen LogP contribution < -0.4 is 9.47 Å². The summed E-state index contributed by atoms with van der Waals surface area (Å²) in [7, 11) is 1.60. The SMILES string of the molecule is COc1ccc(OCc2nc(C(=O)N3CCCC(C(C)(C)O)C3)co2)cc1. The first-order valence-corrected chi connectivity index (χ1v) is 9.09. The Morgan fingerprint density at radius 2 is 2.04 bits per heavy atom. The largest absolute Gasteiger partial charge is 0.497 e. The standard InChI is InChI=1S/C20H26N2O5/c1-20(2,24)14-5-4-10-22(11-14)19(23)17-12-27-18(21-17)13-26-16-8-6-15(25-3)7-9-16/h6-9,12,14,24H,4-5,10-11,13H2,1-3H3. The minimum atomic E-state index is -0.805. The van der Waals surface area contributed by atoms with Gasteiger partial charge in [-0.05, 0) is 51.0 Å². The van der Waals surface area contributed by atoms with Gasteiger partial charge >= 0.3 is 0 Å². The molecule has 146 valence electrons. The highest BCUT2D eigenvalue weighted by atomic mass is 16.5. The number of methoxy groups -OCH3 is 1. The maximum Gasteiger partial charge on any atom is 0.275 e. The molecular weight excluding hydrogens is 348 g/mol. The molecule has 7 heteroatoms. The zero-order chi connectivity index (χ0) is 19.4. The lowest BCUT2D eigenvalue weighted by molar-refractivity contribution is -0.0147. The Kier molecular flexibility index (Phi) is 5.70. The van der Waals surface area contributed by atoms with Gasteiger partial charge < -0.3 is 23.9 Å². The van der Waals surface area contributed by atoms with Gasteiger partial charge in [-0.3, -0.25) is 4.79 Å². The van der Waals surface area contributed by atoms with Crippen LogP contribution in [0.1, 0.15) is 43.1 Å². The molecule has 3 rings (SSSR count). The topological polar surface area (TPSA) is 85.0 Å². The second-order valence-corrected chi connectivity index (χ2v) is 7.33. The molecule has 0 radical (unpaired) electrons. The van der Waals surface area contributed by atoms with E-state index in [-0.39, 0.29) is 24.1 Å². The van der Waals surface area contributed by atoms with E-state index in [1.807, 2.05) is 0 Å². The molecule has 0 spiro atoms. The molecule has 1 atom stereocenters. The monoisotopic (exact) mass is 374 g/mol. The van der Waals surface area contributed by atoms with E-state index < -0.39 is 5.60 Å². The van der Waals surface area contributed by atoms with Crippen molar-refractivity contribution < 1.29 is 23.8 Å². The summed E-state index contributed by atoms with van der Waals surface area (Å²) in [4.78, 5) is 18.7. The molecular formula is C20H26N2O5. The number of hydrogen-bond donors (Lipinski definition) is 1. The Morgan fingerprint density at radius 3 is 2.70 bits per heavy atom. The lowest BCUT2D eigenvalue weighted by Gasteiger charge is -2.38. The minimum absolute atomic E-state index is 0.0555. The van der Waals surface area contributed by atoms with E-state index in [4.69, 9.17) is 13.9 Å². The molecule has 27 heavy (non-hydrogen) atoms. The van der Waals surface area contributed by atoms with Crippen molar-refractivity contribution in [2.45, 2.75) is 38.9 Å². The maximum atomic E-state index is 12.7. The van der Waals surface area contributed by atoms with Crippen LogP contribution in [0.15, 0.2) is 34.9 Å². The summed E-state index contributed by atoms with van der Waals surface area (Å²) < 4.78 is 16.1. The number of oxazole rings is 1. The fraction of sp³-hybridized carbons (Fsp3) is 0.500. The van der Waals surface area contributed by atoms with Gasteiger partial charge in [-0.2, -0.15) is 0 Å². The molecule has 0 aliphatic carbocycles. The van der Waals surface area contributed by atoms with Crippen molar-refractivity contribution in [1.82, 2.24) is 9.88 Å². The third-order valence-electron chi connectivity index (χ3n) is 4.90. The Labute approximate surface area is 158 Å². The average molecular weight is 374 g/mol. The molecule has 0 saturated carbocycles.